The summed E-state index contributed by atoms with van der Waals surface area (Å²) in [5, 5.41) is 15.2. The summed E-state index contributed by atoms with van der Waals surface area (Å²) in [4.78, 5) is 6.89. The predicted octanol–water partition coefficient (Wildman–Crippen LogP) is 4.85. The van der Waals surface area contributed by atoms with Gasteiger partial charge >= 0.3 is 0 Å². The van der Waals surface area contributed by atoms with Crippen molar-refractivity contribution in [2.45, 2.75) is 6.04 Å². The van der Waals surface area contributed by atoms with E-state index in [1.54, 1.807) is 0 Å². The van der Waals surface area contributed by atoms with Crippen LogP contribution in [0.25, 0.3) is 22.2 Å². The molecule has 6 heteroatoms. The fourth-order valence-corrected chi connectivity index (χ4v) is 4.25. The molecule has 1 saturated heterocycles. The van der Waals surface area contributed by atoms with Crippen molar-refractivity contribution < 1.29 is 9.15 Å². The Morgan fingerprint density at radius 2 is 1.72 bits per heavy atom. The molecular weight excluding hydrogens is 400 g/mol. The summed E-state index contributed by atoms with van der Waals surface area (Å²) < 4.78 is 11.6. The molecule has 0 amide bonds. The van der Waals surface area contributed by atoms with E-state index in [9.17, 15) is 5.26 Å². The Labute approximate surface area is 187 Å². The number of morpholine rings is 1. The van der Waals surface area contributed by atoms with Gasteiger partial charge in [-0.15, -0.1) is 0 Å². The third-order valence-corrected chi connectivity index (χ3v) is 5.88. The molecule has 160 valence electrons. The van der Waals surface area contributed by atoms with Crippen LogP contribution in [-0.4, -0.2) is 42.7 Å². The topological polar surface area (TPSA) is 74.3 Å². The van der Waals surface area contributed by atoms with Gasteiger partial charge in [0, 0.05) is 25.2 Å². The van der Waals surface area contributed by atoms with Crippen molar-refractivity contribution in [2.24, 2.45) is 0 Å². The Hall–Kier alpha value is -3.66. The number of nitrogens with zero attached hydrogens (tertiary/aromatic N) is 3. The number of nitriles is 1. The minimum absolute atomic E-state index is 0.137. The van der Waals surface area contributed by atoms with Gasteiger partial charge in [0.25, 0.3) is 0 Å². The number of hydrogen-bond donors (Lipinski definition) is 1. The van der Waals surface area contributed by atoms with Crippen molar-refractivity contribution in [3.63, 3.8) is 0 Å². The zero-order valence-electron chi connectivity index (χ0n) is 17.7. The van der Waals surface area contributed by atoms with Gasteiger partial charge in [0.1, 0.15) is 6.07 Å². The summed E-state index contributed by atoms with van der Waals surface area (Å²) in [5.41, 5.74) is 2.36. The number of anilines is 1. The van der Waals surface area contributed by atoms with E-state index < -0.39 is 0 Å². The average Bonchev–Trinajstić information content (AvgIpc) is 3.28. The molecule has 1 atom stereocenters. The summed E-state index contributed by atoms with van der Waals surface area (Å²) in [7, 11) is 0. The van der Waals surface area contributed by atoms with Crippen LogP contribution in [0.1, 0.15) is 17.3 Å². The first-order valence-electron chi connectivity index (χ1n) is 10.8. The molecule has 1 fully saturated rings. The first-order valence-corrected chi connectivity index (χ1v) is 10.8. The minimum Gasteiger partial charge on any atom is -0.419 e. The molecule has 0 saturated carbocycles. The molecule has 1 N–H and O–H groups in total. The molecule has 2 heterocycles. The smallest absolute Gasteiger partial charge is 0.232 e. The second kappa shape index (κ2) is 9.23. The molecule has 0 spiro atoms. The molecule has 1 aromatic heterocycles. The van der Waals surface area contributed by atoms with Crippen LogP contribution in [-0.2, 0) is 4.74 Å². The van der Waals surface area contributed by atoms with Gasteiger partial charge in [-0.1, -0.05) is 66.7 Å². The number of hydrogen-bond acceptors (Lipinski definition) is 6. The molecule has 32 heavy (non-hydrogen) atoms. The highest BCUT2D eigenvalue weighted by molar-refractivity contribution is 5.94. The Morgan fingerprint density at radius 1 is 0.969 bits per heavy atom. The van der Waals surface area contributed by atoms with E-state index in [0.29, 0.717) is 18.3 Å². The van der Waals surface area contributed by atoms with Gasteiger partial charge in [0.2, 0.25) is 17.5 Å². The van der Waals surface area contributed by atoms with Gasteiger partial charge in [0.15, 0.2) is 0 Å². The molecular formula is C26H24N4O2. The number of ether oxygens (including phenoxy) is 1. The molecule has 1 aliphatic heterocycles. The summed E-state index contributed by atoms with van der Waals surface area (Å²) in [6.45, 7) is 3.78. The fraction of sp³-hybridized carbons (Fsp3) is 0.231. The van der Waals surface area contributed by atoms with Crippen LogP contribution in [0, 0.1) is 11.3 Å². The van der Waals surface area contributed by atoms with Gasteiger partial charge in [0.05, 0.1) is 19.3 Å². The van der Waals surface area contributed by atoms with Crippen molar-refractivity contribution >= 4 is 16.7 Å². The van der Waals surface area contributed by atoms with Crippen LogP contribution in [0.5, 0.6) is 0 Å². The normalized spacial score (nSPS) is 15.3. The first kappa shape index (κ1) is 20.3. The van der Waals surface area contributed by atoms with E-state index in [1.165, 1.54) is 5.56 Å². The molecule has 3 aromatic carbocycles. The monoisotopic (exact) mass is 424 g/mol. The van der Waals surface area contributed by atoms with E-state index in [0.717, 1.165) is 42.6 Å². The lowest BCUT2D eigenvalue weighted by molar-refractivity contribution is 0.0186. The maximum absolute atomic E-state index is 9.68. The van der Waals surface area contributed by atoms with Crippen LogP contribution in [0.4, 0.5) is 5.88 Å². The van der Waals surface area contributed by atoms with E-state index in [1.807, 2.05) is 36.4 Å². The maximum atomic E-state index is 9.68. The fourth-order valence-electron chi connectivity index (χ4n) is 4.25. The second-order valence-corrected chi connectivity index (χ2v) is 7.79. The summed E-state index contributed by atoms with van der Waals surface area (Å²) in [6, 6.07) is 26.8. The van der Waals surface area contributed by atoms with Gasteiger partial charge in [-0.2, -0.15) is 10.2 Å². The van der Waals surface area contributed by atoms with Crippen molar-refractivity contribution in [1.82, 2.24) is 9.88 Å². The number of fused-ring (bicyclic) bond motifs is 1. The van der Waals surface area contributed by atoms with Crippen molar-refractivity contribution in [2.75, 3.05) is 38.2 Å². The molecule has 0 unspecified atom stereocenters. The molecule has 4 aromatic rings. The van der Waals surface area contributed by atoms with E-state index >= 15 is 0 Å². The highest BCUT2D eigenvalue weighted by Crippen LogP contribution is 2.32. The lowest BCUT2D eigenvalue weighted by atomic mass is 10.0. The molecule has 5 rings (SSSR count). The zero-order valence-corrected chi connectivity index (χ0v) is 17.7. The van der Waals surface area contributed by atoms with Gasteiger partial charge < -0.3 is 14.5 Å². The van der Waals surface area contributed by atoms with E-state index in [-0.39, 0.29) is 11.7 Å². The maximum Gasteiger partial charge on any atom is 0.232 e. The Morgan fingerprint density at radius 3 is 2.53 bits per heavy atom. The standard InChI is InChI=1S/C26H24N4O2/c27-17-23-26(32-25(29-23)22-12-6-10-19-7-4-5-11-21(19)22)28-18-24(20-8-2-1-3-9-20)30-13-15-31-16-14-30/h1-12,24,28H,13-16,18H2/t24-/m0/s1. The molecule has 0 bridgehead atoms. The Bertz CT molecular complexity index is 1230. The predicted molar refractivity (Wildman–Crippen MR) is 124 cm³/mol. The van der Waals surface area contributed by atoms with Crippen molar-refractivity contribution in [3.05, 3.63) is 84.1 Å². The third kappa shape index (κ3) is 4.09. The number of rotatable bonds is 6. The van der Waals surface area contributed by atoms with Crippen LogP contribution in [0.15, 0.2) is 77.2 Å². The Balaban J connectivity index is 1.43. The largest absolute Gasteiger partial charge is 0.419 e. The van der Waals surface area contributed by atoms with Crippen LogP contribution >= 0.6 is 0 Å². The highest BCUT2D eigenvalue weighted by atomic mass is 16.5. The van der Waals surface area contributed by atoms with Crippen LogP contribution in [0.2, 0.25) is 0 Å². The van der Waals surface area contributed by atoms with Crippen LogP contribution < -0.4 is 5.32 Å². The average molecular weight is 425 g/mol. The molecule has 0 aliphatic carbocycles. The lowest BCUT2D eigenvalue weighted by Crippen LogP contribution is -2.41. The third-order valence-electron chi connectivity index (χ3n) is 5.88. The van der Waals surface area contributed by atoms with Crippen LogP contribution in [0.3, 0.4) is 0 Å². The molecule has 6 nitrogen and oxygen atoms in total. The summed E-state index contributed by atoms with van der Waals surface area (Å²) in [6.07, 6.45) is 0. The van der Waals surface area contributed by atoms with E-state index in [4.69, 9.17) is 9.15 Å². The Kier molecular flexibility index (Phi) is 5.84. The van der Waals surface area contributed by atoms with Gasteiger partial charge in [-0.3, -0.25) is 4.90 Å². The number of oxazole rings is 1. The van der Waals surface area contributed by atoms with Gasteiger partial charge in [-0.05, 0) is 22.4 Å². The number of nitrogens with one attached hydrogen (secondary N) is 1. The molecule has 0 radical (unpaired) electrons. The summed E-state index contributed by atoms with van der Waals surface area (Å²) >= 11 is 0. The SMILES string of the molecule is N#Cc1nc(-c2cccc3ccccc23)oc1NC[C@@H](c1ccccc1)N1CCOCC1. The van der Waals surface area contributed by atoms with Gasteiger partial charge in [-0.25, -0.2) is 0 Å². The lowest BCUT2D eigenvalue weighted by Gasteiger charge is -2.34. The number of aromatic nitrogens is 1. The highest BCUT2D eigenvalue weighted by Gasteiger charge is 2.24. The zero-order chi connectivity index (χ0) is 21.8. The van der Waals surface area contributed by atoms with Crippen molar-refractivity contribution in [3.8, 4) is 17.5 Å². The second-order valence-electron chi connectivity index (χ2n) is 7.79. The first-order chi connectivity index (χ1) is 15.8. The van der Waals surface area contributed by atoms with E-state index in [2.05, 4.69) is 57.7 Å². The summed E-state index contributed by atoms with van der Waals surface area (Å²) in [5.74, 6) is 0.855. The number of benzene rings is 3. The molecule has 1 aliphatic rings. The quantitative estimate of drug-likeness (QED) is 0.477. The van der Waals surface area contributed by atoms with Crippen molar-refractivity contribution in [1.29, 1.82) is 5.26 Å². The minimum atomic E-state index is 0.137.